The maximum Gasteiger partial charge on any atom is 0.347 e. The number of thiazole rings is 1. The number of aryl methyl sites for hydroxylation is 1. The summed E-state index contributed by atoms with van der Waals surface area (Å²) in [6.45, 7) is 1.58. The number of allylic oxidation sites excluding steroid dienone is 1. The first-order chi connectivity index (χ1) is 7.41. The molecule has 0 atom stereocenters. The lowest BCUT2D eigenvalue weighted by Gasteiger charge is -2.01. The van der Waals surface area contributed by atoms with E-state index in [0.717, 1.165) is 11.3 Å². The van der Waals surface area contributed by atoms with Gasteiger partial charge in [0.05, 0.1) is 5.69 Å². The van der Waals surface area contributed by atoms with E-state index >= 15 is 0 Å². The number of carbonyl (C=O) groups excluding carboxylic acids is 1. The molecule has 5 nitrogen and oxygen atoms in total. The van der Waals surface area contributed by atoms with Gasteiger partial charge in [-0.15, -0.1) is 11.3 Å². The first kappa shape index (κ1) is 12.4. The lowest BCUT2D eigenvalue weighted by molar-refractivity contribution is 0.0701. The Morgan fingerprint density at radius 3 is 2.50 bits per heavy atom. The standard InChI is InChI=1S/C10H12N2O3S/c1-6-8(10(14)15)16-9(11-6)7(13)4-5-12(2)3/h4-5H,1-3H3,(H,14,15). The Hall–Kier alpha value is -1.69. The summed E-state index contributed by atoms with van der Waals surface area (Å²) in [5, 5.41) is 9.01. The van der Waals surface area contributed by atoms with Gasteiger partial charge in [-0.2, -0.15) is 0 Å². The maximum atomic E-state index is 11.6. The lowest BCUT2D eigenvalue weighted by Crippen LogP contribution is -2.02. The fraction of sp³-hybridized carbons (Fsp3) is 0.300. The third-order valence-corrected chi connectivity index (χ3v) is 2.89. The molecule has 6 heteroatoms. The second kappa shape index (κ2) is 4.89. The van der Waals surface area contributed by atoms with Crippen LogP contribution >= 0.6 is 11.3 Å². The minimum absolute atomic E-state index is 0.113. The molecule has 86 valence electrons. The molecule has 0 saturated carbocycles. The summed E-state index contributed by atoms with van der Waals surface area (Å²) in [5.74, 6) is -1.33. The molecule has 0 bridgehead atoms. The zero-order valence-corrected chi connectivity index (χ0v) is 10.0. The largest absolute Gasteiger partial charge is 0.477 e. The Labute approximate surface area is 97.0 Å². The van der Waals surface area contributed by atoms with Gasteiger partial charge in [-0.3, -0.25) is 4.79 Å². The van der Waals surface area contributed by atoms with Crippen LogP contribution in [0.2, 0.25) is 0 Å². The monoisotopic (exact) mass is 240 g/mol. The third kappa shape index (κ3) is 2.90. The van der Waals surface area contributed by atoms with E-state index in [9.17, 15) is 9.59 Å². The average Bonchev–Trinajstić information content (AvgIpc) is 2.56. The summed E-state index contributed by atoms with van der Waals surface area (Å²) >= 11 is 0.897. The van der Waals surface area contributed by atoms with Gasteiger partial charge in [0.15, 0.2) is 5.01 Å². The highest BCUT2D eigenvalue weighted by Gasteiger charge is 2.16. The molecule has 0 radical (unpaired) electrons. The molecule has 1 rings (SSSR count). The highest BCUT2D eigenvalue weighted by Crippen LogP contribution is 2.18. The summed E-state index contributed by atoms with van der Waals surface area (Å²) < 4.78 is 0. The molecule has 0 aliphatic carbocycles. The summed E-state index contributed by atoms with van der Waals surface area (Å²) in [4.78, 5) is 28.1. The molecule has 0 aliphatic heterocycles. The number of hydrogen-bond acceptors (Lipinski definition) is 5. The normalized spacial score (nSPS) is 10.7. The van der Waals surface area contributed by atoms with Crippen molar-refractivity contribution in [2.24, 2.45) is 0 Å². The minimum Gasteiger partial charge on any atom is -0.477 e. The minimum atomic E-state index is -1.05. The number of ketones is 1. The van der Waals surface area contributed by atoms with Gasteiger partial charge < -0.3 is 10.0 Å². The summed E-state index contributed by atoms with van der Waals surface area (Å²) in [7, 11) is 3.58. The quantitative estimate of drug-likeness (QED) is 0.636. The molecule has 0 spiro atoms. The van der Waals surface area contributed by atoms with Crippen molar-refractivity contribution in [2.75, 3.05) is 14.1 Å². The molecule has 1 N–H and O–H groups in total. The molecule has 0 amide bonds. The summed E-state index contributed by atoms with van der Waals surface area (Å²) in [6, 6.07) is 0. The zero-order valence-electron chi connectivity index (χ0n) is 9.22. The van der Waals surface area contributed by atoms with Gasteiger partial charge >= 0.3 is 5.97 Å². The second-order valence-electron chi connectivity index (χ2n) is 3.38. The summed E-state index contributed by atoms with van der Waals surface area (Å²) in [6.07, 6.45) is 2.96. The first-order valence-corrected chi connectivity index (χ1v) is 5.33. The molecule has 0 saturated heterocycles. The summed E-state index contributed by atoms with van der Waals surface area (Å²) in [5.41, 5.74) is 0.374. The number of carboxylic acids is 1. The van der Waals surface area contributed by atoms with Crippen LogP contribution < -0.4 is 0 Å². The molecule has 0 aromatic carbocycles. The van der Waals surface area contributed by atoms with Crippen molar-refractivity contribution < 1.29 is 14.7 Å². The number of hydrogen-bond donors (Lipinski definition) is 1. The lowest BCUT2D eigenvalue weighted by atomic mass is 10.4. The van der Waals surface area contributed by atoms with E-state index in [2.05, 4.69) is 4.98 Å². The molecule has 1 aromatic rings. The fourth-order valence-corrected chi connectivity index (χ4v) is 1.81. The second-order valence-corrected chi connectivity index (χ2v) is 4.38. The highest BCUT2D eigenvalue weighted by atomic mass is 32.1. The fourth-order valence-electron chi connectivity index (χ4n) is 0.988. The van der Waals surface area contributed by atoms with E-state index in [1.165, 1.54) is 6.08 Å². The SMILES string of the molecule is Cc1nc(C(=O)C=CN(C)C)sc1C(=O)O. The molecular weight excluding hydrogens is 228 g/mol. The number of nitrogens with zero attached hydrogens (tertiary/aromatic N) is 2. The van der Waals surface area contributed by atoms with Crippen LogP contribution in [-0.2, 0) is 0 Å². The van der Waals surface area contributed by atoms with Crippen LogP contribution in [0.3, 0.4) is 0 Å². The van der Waals surface area contributed by atoms with Gasteiger partial charge in [-0.1, -0.05) is 0 Å². The molecule has 0 fully saturated rings. The van der Waals surface area contributed by atoms with E-state index in [0.29, 0.717) is 5.69 Å². The molecule has 0 aliphatic rings. The van der Waals surface area contributed by atoms with Crippen LogP contribution in [0.1, 0.15) is 25.2 Å². The molecule has 0 unspecified atom stereocenters. The van der Waals surface area contributed by atoms with Crippen LogP contribution in [0.5, 0.6) is 0 Å². The number of carbonyl (C=O) groups is 2. The van der Waals surface area contributed by atoms with Gasteiger partial charge in [0, 0.05) is 26.4 Å². The van der Waals surface area contributed by atoms with E-state index in [1.54, 1.807) is 32.1 Å². The Balaban J connectivity index is 2.93. The van der Waals surface area contributed by atoms with Gasteiger partial charge in [0.25, 0.3) is 0 Å². The Kier molecular flexibility index (Phi) is 3.78. The number of carboxylic acid groups (broad SMARTS) is 1. The van der Waals surface area contributed by atoms with Crippen LogP contribution in [0.4, 0.5) is 0 Å². The predicted octanol–water partition coefficient (Wildman–Crippen LogP) is 1.41. The Morgan fingerprint density at radius 1 is 1.44 bits per heavy atom. The smallest absolute Gasteiger partial charge is 0.347 e. The van der Waals surface area contributed by atoms with E-state index in [4.69, 9.17) is 5.11 Å². The highest BCUT2D eigenvalue weighted by molar-refractivity contribution is 7.15. The Morgan fingerprint density at radius 2 is 2.06 bits per heavy atom. The van der Waals surface area contributed by atoms with Crippen LogP contribution in [0.25, 0.3) is 0 Å². The van der Waals surface area contributed by atoms with Crippen molar-refractivity contribution in [1.82, 2.24) is 9.88 Å². The maximum absolute atomic E-state index is 11.6. The van der Waals surface area contributed by atoms with Crippen molar-refractivity contribution in [1.29, 1.82) is 0 Å². The third-order valence-electron chi connectivity index (χ3n) is 1.73. The van der Waals surface area contributed by atoms with Crippen LogP contribution in [0, 0.1) is 6.92 Å². The van der Waals surface area contributed by atoms with Crippen molar-refractivity contribution in [3.63, 3.8) is 0 Å². The van der Waals surface area contributed by atoms with Crippen molar-refractivity contribution in [2.45, 2.75) is 6.92 Å². The van der Waals surface area contributed by atoms with Gasteiger partial charge in [-0.05, 0) is 6.92 Å². The van der Waals surface area contributed by atoms with E-state index in [1.807, 2.05) is 0 Å². The van der Waals surface area contributed by atoms with Gasteiger partial charge in [-0.25, -0.2) is 9.78 Å². The molecular formula is C10H12N2O3S. The van der Waals surface area contributed by atoms with Gasteiger partial charge in [0.1, 0.15) is 4.88 Å². The number of rotatable bonds is 4. The van der Waals surface area contributed by atoms with Gasteiger partial charge in [0.2, 0.25) is 5.78 Å². The Bertz CT molecular complexity index is 449. The van der Waals surface area contributed by atoms with E-state index < -0.39 is 5.97 Å². The van der Waals surface area contributed by atoms with Crippen molar-refractivity contribution in [3.8, 4) is 0 Å². The van der Waals surface area contributed by atoms with Crippen LogP contribution in [0.15, 0.2) is 12.3 Å². The van der Waals surface area contributed by atoms with Crippen molar-refractivity contribution >= 4 is 23.1 Å². The van der Waals surface area contributed by atoms with E-state index in [-0.39, 0.29) is 15.7 Å². The predicted molar refractivity (Wildman–Crippen MR) is 61.0 cm³/mol. The number of aromatic nitrogens is 1. The molecule has 16 heavy (non-hydrogen) atoms. The zero-order chi connectivity index (χ0) is 12.3. The first-order valence-electron chi connectivity index (χ1n) is 4.51. The molecule has 1 aromatic heterocycles. The van der Waals surface area contributed by atoms with Crippen LogP contribution in [-0.4, -0.2) is 40.8 Å². The van der Waals surface area contributed by atoms with Crippen molar-refractivity contribution in [3.05, 3.63) is 27.9 Å². The molecule has 1 heterocycles. The average molecular weight is 240 g/mol. The topological polar surface area (TPSA) is 70.5 Å². The number of aromatic carboxylic acids is 1.